The van der Waals surface area contributed by atoms with Crippen molar-refractivity contribution in [2.24, 2.45) is 0 Å². The third-order valence-electron chi connectivity index (χ3n) is 7.00. The average molecular weight is 634 g/mol. The molecule has 4 N–H and O–H groups in total. The van der Waals surface area contributed by atoms with E-state index in [9.17, 15) is 17.6 Å². The number of pyridine rings is 2. The number of anilines is 2. The molecule has 242 valence electrons. The number of nitrogens with zero attached hydrogens (tertiary/aromatic N) is 4. The summed E-state index contributed by atoms with van der Waals surface area (Å²) in [7, 11) is 0. The summed E-state index contributed by atoms with van der Waals surface area (Å²) in [6.45, 7) is 8.37. The van der Waals surface area contributed by atoms with Crippen molar-refractivity contribution in [3.63, 3.8) is 0 Å². The Morgan fingerprint density at radius 3 is 2.58 bits per heavy atom. The zero-order chi connectivity index (χ0) is 32.7. The number of hydrogen-bond donors (Lipinski definition) is 3. The highest BCUT2D eigenvalue weighted by atomic mass is 19.4. The van der Waals surface area contributed by atoms with E-state index in [0.29, 0.717) is 38.9 Å². The van der Waals surface area contributed by atoms with Crippen LogP contribution in [0.3, 0.4) is 0 Å². The maximum absolute atomic E-state index is 16.4. The highest BCUT2D eigenvalue weighted by Crippen LogP contribution is 2.44. The van der Waals surface area contributed by atoms with Gasteiger partial charge < -0.3 is 25.8 Å². The third-order valence-corrected chi connectivity index (χ3v) is 7.00. The first-order chi connectivity index (χ1) is 21.5. The van der Waals surface area contributed by atoms with Gasteiger partial charge in [0.25, 0.3) is 0 Å². The number of hydrogen-bond acceptors (Lipinski definition) is 9. The van der Waals surface area contributed by atoms with Gasteiger partial charge >= 0.3 is 12.2 Å². The van der Waals surface area contributed by atoms with Crippen LogP contribution >= 0.6 is 0 Å². The molecule has 0 radical (unpaired) electrons. The van der Waals surface area contributed by atoms with Crippen LogP contribution < -0.4 is 25.8 Å². The van der Waals surface area contributed by atoms with Crippen molar-refractivity contribution in [1.29, 1.82) is 0 Å². The van der Waals surface area contributed by atoms with Crippen molar-refractivity contribution in [3.05, 3.63) is 58.9 Å². The predicted octanol–water partition coefficient (Wildman–Crippen LogP) is 6.48. The molecule has 0 bridgehead atoms. The second kappa shape index (κ2) is 14.6. The van der Waals surface area contributed by atoms with Crippen molar-refractivity contribution < 1.29 is 31.4 Å². The van der Waals surface area contributed by atoms with Crippen molar-refractivity contribution in [3.8, 4) is 23.1 Å². The summed E-state index contributed by atoms with van der Waals surface area (Å²) in [5.74, 6) is -2.48. The fourth-order valence-corrected chi connectivity index (χ4v) is 4.88. The zero-order valence-electron chi connectivity index (χ0n) is 25.5. The minimum atomic E-state index is -5.04. The molecule has 0 saturated carbocycles. The molecule has 4 heterocycles. The zero-order valence-corrected chi connectivity index (χ0v) is 25.5. The van der Waals surface area contributed by atoms with Crippen LogP contribution in [0.2, 0.25) is 0 Å². The fraction of sp³-hybridized carbons (Fsp3) is 0.419. The lowest BCUT2D eigenvalue weighted by molar-refractivity contribution is -0.137. The Bertz CT molecular complexity index is 1620. The van der Waals surface area contributed by atoms with E-state index in [1.807, 2.05) is 26.0 Å². The normalized spacial score (nSPS) is 15.3. The maximum atomic E-state index is 16.4. The van der Waals surface area contributed by atoms with E-state index in [4.69, 9.17) is 15.2 Å². The lowest BCUT2D eigenvalue weighted by Gasteiger charge is -2.21. The van der Waals surface area contributed by atoms with Gasteiger partial charge in [-0.3, -0.25) is 4.98 Å². The Morgan fingerprint density at radius 2 is 1.87 bits per heavy atom. The number of nitrogens with two attached hydrogens (primary N) is 1. The topological polar surface area (TPSA) is 120 Å². The van der Waals surface area contributed by atoms with Crippen LogP contribution in [0.15, 0.2) is 30.6 Å². The van der Waals surface area contributed by atoms with Gasteiger partial charge in [0.2, 0.25) is 5.88 Å². The van der Waals surface area contributed by atoms with Crippen molar-refractivity contribution >= 4 is 22.4 Å². The van der Waals surface area contributed by atoms with Crippen LogP contribution in [0.1, 0.15) is 50.3 Å². The fourth-order valence-electron chi connectivity index (χ4n) is 4.88. The smallest absolute Gasteiger partial charge is 0.417 e. The summed E-state index contributed by atoms with van der Waals surface area (Å²) in [5, 5.41) is 6.39. The number of nitrogen functional groups attached to an aromatic ring is 1. The molecule has 9 nitrogen and oxygen atoms in total. The van der Waals surface area contributed by atoms with Crippen molar-refractivity contribution in [2.75, 3.05) is 37.3 Å². The lowest BCUT2D eigenvalue weighted by atomic mass is 9.96. The predicted molar refractivity (Wildman–Crippen MR) is 162 cm³/mol. The molecule has 1 aliphatic heterocycles. The van der Waals surface area contributed by atoms with Gasteiger partial charge in [0.15, 0.2) is 5.82 Å². The Balaban J connectivity index is 0.00000226. The number of benzene rings is 1. The number of halogens is 5. The summed E-state index contributed by atoms with van der Waals surface area (Å²) in [6, 6.07) is 4.28. The van der Waals surface area contributed by atoms with Gasteiger partial charge in [-0.25, -0.2) is 13.8 Å². The van der Waals surface area contributed by atoms with Crippen LogP contribution in [0.5, 0.6) is 11.9 Å². The van der Waals surface area contributed by atoms with Crippen molar-refractivity contribution in [1.82, 2.24) is 25.3 Å². The molecule has 5 rings (SSSR count). The van der Waals surface area contributed by atoms with Gasteiger partial charge in [0, 0.05) is 31.0 Å². The summed E-state index contributed by atoms with van der Waals surface area (Å²) in [5.41, 5.74) is 2.10. The van der Waals surface area contributed by atoms with Crippen LogP contribution in [-0.2, 0) is 12.6 Å². The largest absolute Gasteiger partial charge is 0.474 e. The van der Waals surface area contributed by atoms with Gasteiger partial charge in [-0.05, 0) is 62.9 Å². The minimum absolute atomic E-state index is 0.0399. The van der Waals surface area contributed by atoms with Crippen LogP contribution in [0, 0.1) is 18.6 Å². The molecule has 1 unspecified atom stereocenters. The second-order valence-electron chi connectivity index (χ2n) is 10.2. The number of aryl methyl sites for hydroxylation is 1. The number of alkyl halides is 3. The average Bonchev–Trinajstić information content (AvgIpc) is 3.04. The summed E-state index contributed by atoms with van der Waals surface area (Å²) >= 11 is 0. The highest BCUT2D eigenvalue weighted by molar-refractivity contribution is 5.96. The molecule has 0 fully saturated rings. The van der Waals surface area contributed by atoms with Crippen LogP contribution in [0.25, 0.3) is 22.2 Å². The molecule has 1 atom stereocenters. The summed E-state index contributed by atoms with van der Waals surface area (Å²) in [6.07, 6.45) is -0.347. The molecule has 0 saturated heterocycles. The van der Waals surface area contributed by atoms with E-state index < -0.39 is 52.0 Å². The number of nitrogens with one attached hydrogen (secondary N) is 2. The first-order valence-corrected chi connectivity index (χ1v) is 14.7. The van der Waals surface area contributed by atoms with E-state index in [1.54, 1.807) is 19.3 Å². The molecule has 14 heteroatoms. The van der Waals surface area contributed by atoms with Gasteiger partial charge in [0.1, 0.15) is 28.2 Å². The van der Waals surface area contributed by atoms with Crippen molar-refractivity contribution in [2.45, 2.75) is 59.2 Å². The van der Waals surface area contributed by atoms with E-state index >= 15 is 4.39 Å². The molecule has 0 amide bonds. The first kappa shape index (κ1) is 33.6. The van der Waals surface area contributed by atoms with E-state index in [-0.39, 0.29) is 35.2 Å². The monoisotopic (exact) mass is 633 g/mol. The Hall–Kier alpha value is -4.33. The van der Waals surface area contributed by atoms with Crippen LogP contribution in [-0.4, -0.2) is 52.3 Å². The minimum Gasteiger partial charge on any atom is -0.474 e. The molecule has 45 heavy (non-hydrogen) atoms. The Kier molecular flexibility index (Phi) is 10.9. The standard InChI is InChI=1S/C29H30F5N7O2.C2H6/c1-15-7-9-36-10-11-38-26-20-25(40-28(41-26)42-12-4-6-17-5-3-8-37-14-17)23(31)24(39-27(20)43-15)18-13-19(35)22(30)16(2)21(18)29(32,33)34;1-2/h3,5,8,13-15,36H,4,6-7,9-12,35H2,1-2H3,(H,38,40,41);1-2H3. The SMILES string of the molecule is CC.Cc1c(F)c(N)cc(-c2nc3c4c(nc(OCCCc5cccnc5)nc4c2F)NCCNCCC(C)O3)c1C(F)(F)F. The van der Waals surface area contributed by atoms with Gasteiger partial charge in [0.05, 0.1) is 24.0 Å². The Labute approximate surface area is 257 Å². The number of ether oxygens (including phenoxy) is 2. The quantitative estimate of drug-likeness (QED) is 0.124. The van der Waals surface area contributed by atoms with E-state index in [0.717, 1.165) is 18.6 Å². The first-order valence-electron chi connectivity index (χ1n) is 14.7. The summed E-state index contributed by atoms with van der Waals surface area (Å²) < 4.78 is 85.5. The molecular formula is C31H36F5N7O2. The number of rotatable bonds is 6. The lowest BCUT2D eigenvalue weighted by Crippen LogP contribution is -2.26. The van der Waals surface area contributed by atoms with Crippen LogP contribution in [0.4, 0.5) is 33.5 Å². The van der Waals surface area contributed by atoms with E-state index in [1.165, 1.54) is 0 Å². The second-order valence-corrected chi connectivity index (χ2v) is 10.2. The Morgan fingerprint density at radius 1 is 1.09 bits per heavy atom. The number of aromatic nitrogens is 4. The summed E-state index contributed by atoms with van der Waals surface area (Å²) in [4.78, 5) is 17.0. The molecule has 0 aliphatic carbocycles. The van der Waals surface area contributed by atoms with E-state index in [2.05, 4.69) is 30.6 Å². The molecule has 0 spiro atoms. The molecule has 1 aliphatic rings. The molecular weight excluding hydrogens is 597 g/mol. The molecule has 1 aromatic carbocycles. The van der Waals surface area contributed by atoms with Gasteiger partial charge in [-0.15, -0.1) is 0 Å². The molecule has 3 aromatic heterocycles. The van der Waals surface area contributed by atoms with Gasteiger partial charge in [-0.1, -0.05) is 19.9 Å². The highest BCUT2D eigenvalue weighted by Gasteiger charge is 2.39. The van der Waals surface area contributed by atoms with Gasteiger partial charge in [-0.2, -0.15) is 23.1 Å². The maximum Gasteiger partial charge on any atom is 0.417 e. The third kappa shape index (κ3) is 7.67. The molecule has 4 aromatic rings.